The maximum atomic E-state index is 13.2. The van der Waals surface area contributed by atoms with E-state index in [-0.39, 0.29) is 51.9 Å². The molecule has 0 heterocycles. The van der Waals surface area contributed by atoms with Crippen LogP contribution in [0.1, 0.15) is 32.1 Å². The molecule has 0 spiro atoms. The van der Waals surface area contributed by atoms with Gasteiger partial charge in [0.1, 0.15) is 0 Å². The molecule has 1 fully saturated rings. The molecule has 0 saturated heterocycles. The van der Waals surface area contributed by atoms with E-state index < -0.39 is 11.6 Å². The summed E-state index contributed by atoms with van der Waals surface area (Å²) in [6.45, 7) is 0. The molecule has 0 radical (unpaired) electrons. The third-order valence-electron chi connectivity index (χ3n) is 2.70. The zero-order valence-corrected chi connectivity index (χ0v) is 12.5. The molecule has 1 aliphatic carbocycles. The molecule has 17 heavy (non-hydrogen) atoms. The first-order valence-electron chi connectivity index (χ1n) is 5.29. The van der Waals surface area contributed by atoms with E-state index in [1.807, 2.05) is 0 Å². The second-order valence-electron chi connectivity index (χ2n) is 3.86. The van der Waals surface area contributed by atoms with Crippen molar-refractivity contribution in [1.82, 2.24) is 0 Å². The van der Waals surface area contributed by atoms with Crippen LogP contribution in [-0.2, 0) is 0 Å². The van der Waals surface area contributed by atoms with Crippen molar-refractivity contribution in [2.75, 3.05) is 0 Å². The van der Waals surface area contributed by atoms with Crippen LogP contribution in [-0.4, -0.2) is 29.2 Å². The van der Waals surface area contributed by atoms with Crippen molar-refractivity contribution in [2.24, 2.45) is 0 Å². The number of rotatable bonds is 2. The van der Waals surface area contributed by atoms with Crippen LogP contribution in [0.25, 0.3) is 0 Å². The Kier molecular flexibility index (Phi) is 8.33. The number of hydrogen-bond donors (Lipinski definition) is 0. The molecule has 2 rings (SSSR count). The molecular weight excluding hydrogens is 302 g/mol. The molecular formula is C12H13BrF2MgO. The Labute approximate surface area is 127 Å². The van der Waals surface area contributed by atoms with Gasteiger partial charge in [-0.05, 0) is 25.7 Å². The molecule has 5 heteroatoms. The van der Waals surface area contributed by atoms with Crippen molar-refractivity contribution >= 4 is 23.1 Å². The van der Waals surface area contributed by atoms with Crippen LogP contribution in [0.4, 0.5) is 8.78 Å². The van der Waals surface area contributed by atoms with Crippen LogP contribution in [0.5, 0.6) is 5.75 Å². The van der Waals surface area contributed by atoms with Crippen molar-refractivity contribution in [3.63, 3.8) is 0 Å². The maximum absolute atomic E-state index is 13.2. The summed E-state index contributed by atoms with van der Waals surface area (Å²) >= 11 is 0. The standard InChI is InChI=1S/C12H13F2O.BrH.Mg/c13-10-7-4-8-11(12(10)14)15-9-5-2-1-3-6-9;;/h7-9H,1-3,5-6H2;1H;/q-1;;+2/p-1. The van der Waals surface area contributed by atoms with Gasteiger partial charge in [-0.1, -0.05) is 6.42 Å². The molecule has 0 aromatic heterocycles. The van der Waals surface area contributed by atoms with Gasteiger partial charge in [0.2, 0.25) is 0 Å². The van der Waals surface area contributed by atoms with E-state index in [4.69, 9.17) is 4.74 Å². The molecule has 0 aliphatic heterocycles. The van der Waals surface area contributed by atoms with Crippen LogP contribution >= 0.6 is 0 Å². The van der Waals surface area contributed by atoms with Gasteiger partial charge in [0, 0.05) is 11.6 Å². The molecule has 0 unspecified atom stereocenters. The Hall–Kier alpha value is 0.126. The Morgan fingerprint density at radius 1 is 1.12 bits per heavy atom. The fraction of sp³-hybridized carbons (Fsp3) is 0.500. The summed E-state index contributed by atoms with van der Waals surface area (Å²) in [5, 5.41) is 0. The van der Waals surface area contributed by atoms with Gasteiger partial charge in [0.15, 0.2) is 0 Å². The van der Waals surface area contributed by atoms with Gasteiger partial charge in [0.05, 0.1) is 11.9 Å². The summed E-state index contributed by atoms with van der Waals surface area (Å²) in [5.41, 5.74) is 0. The van der Waals surface area contributed by atoms with Crippen molar-refractivity contribution < 1.29 is 30.5 Å². The van der Waals surface area contributed by atoms with E-state index in [2.05, 4.69) is 6.07 Å². The summed E-state index contributed by atoms with van der Waals surface area (Å²) in [6, 6.07) is 4.85. The normalized spacial score (nSPS) is 15.6. The Balaban J connectivity index is 0.00000128. The van der Waals surface area contributed by atoms with Gasteiger partial charge in [-0.15, -0.1) is 12.1 Å². The molecule has 1 saturated carbocycles. The number of ether oxygens (including phenoxy) is 1. The van der Waals surface area contributed by atoms with Gasteiger partial charge in [-0.25, -0.2) is 4.39 Å². The zero-order valence-electron chi connectivity index (χ0n) is 9.52. The monoisotopic (exact) mass is 314 g/mol. The predicted molar refractivity (Wildman–Crippen MR) is 58.4 cm³/mol. The molecule has 90 valence electrons. The predicted octanol–water partition coefficient (Wildman–Crippen LogP) is 0.0997. The van der Waals surface area contributed by atoms with Gasteiger partial charge in [-0.2, -0.15) is 6.07 Å². The maximum Gasteiger partial charge on any atom is 2.00 e. The molecule has 0 bridgehead atoms. The third kappa shape index (κ3) is 4.71. The summed E-state index contributed by atoms with van der Waals surface area (Å²) in [4.78, 5) is 0. The fourth-order valence-electron chi connectivity index (χ4n) is 1.88. The smallest absolute Gasteiger partial charge is 1.00 e. The number of halogens is 3. The first-order valence-corrected chi connectivity index (χ1v) is 5.29. The molecule has 1 nitrogen and oxygen atoms in total. The summed E-state index contributed by atoms with van der Waals surface area (Å²) in [5.74, 6) is -1.82. The first-order chi connectivity index (χ1) is 7.27. The molecule has 0 atom stereocenters. The van der Waals surface area contributed by atoms with E-state index in [0.29, 0.717) is 0 Å². The number of benzene rings is 1. The summed E-state index contributed by atoms with van der Waals surface area (Å²) in [7, 11) is 0. The van der Waals surface area contributed by atoms with Crippen molar-refractivity contribution in [3.8, 4) is 5.75 Å². The molecule has 0 amide bonds. The molecule has 1 aromatic rings. The average Bonchev–Trinajstić information content (AvgIpc) is 2.26. The SMILES string of the molecule is Fc1c[c-]cc(OC2CCCCC2)c1F.[Br-].[Mg+2]. The van der Waals surface area contributed by atoms with Crippen molar-refractivity contribution in [3.05, 3.63) is 29.8 Å². The summed E-state index contributed by atoms with van der Waals surface area (Å²) < 4.78 is 31.5. The van der Waals surface area contributed by atoms with E-state index in [1.165, 1.54) is 12.5 Å². The minimum atomic E-state index is -0.903. The van der Waals surface area contributed by atoms with Gasteiger partial charge < -0.3 is 21.7 Å². The quantitative estimate of drug-likeness (QED) is 0.556. The Morgan fingerprint density at radius 2 is 1.76 bits per heavy atom. The molecule has 1 aliphatic rings. The van der Waals surface area contributed by atoms with E-state index in [0.717, 1.165) is 31.7 Å². The van der Waals surface area contributed by atoms with Gasteiger partial charge in [0.25, 0.3) is 0 Å². The van der Waals surface area contributed by atoms with Crippen LogP contribution in [0, 0.1) is 17.7 Å². The van der Waals surface area contributed by atoms with Crippen LogP contribution in [0.3, 0.4) is 0 Å². The minimum Gasteiger partial charge on any atom is -1.00 e. The second kappa shape index (κ2) is 8.27. The Bertz CT molecular complexity index is 343. The van der Waals surface area contributed by atoms with Crippen molar-refractivity contribution in [2.45, 2.75) is 38.2 Å². The van der Waals surface area contributed by atoms with E-state index in [9.17, 15) is 8.78 Å². The van der Waals surface area contributed by atoms with Crippen molar-refractivity contribution in [1.29, 1.82) is 0 Å². The van der Waals surface area contributed by atoms with Gasteiger partial charge in [-0.3, -0.25) is 4.39 Å². The second-order valence-corrected chi connectivity index (χ2v) is 3.86. The molecule has 1 aromatic carbocycles. The van der Waals surface area contributed by atoms with Crippen LogP contribution in [0.15, 0.2) is 12.1 Å². The van der Waals surface area contributed by atoms with E-state index >= 15 is 0 Å². The largest absolute Gasteiger partial charge is 2.00 e. The average molecular weight is 315 g/mol. The van der Waals surface area contributed by atoms with E-state index in [1.54, 1.807) is 0 Å². The first kappa shape index (κ1) is 17.1. The van der Waals surface area contributed by atoms with Gasteiger partial charge >= 0.3 is 23.1 Å². The Morgan fingerprint density at radius 3 is 2.41 bits per heavy atom. The minimum absolute atomic E-state index is 0. The van der Waals surface area contributed by atoms with Crippen LogP contribution < -0.4 is 21.7 Å². The fourth-order valence-corrected chi connectivity index (χ4v) is 1.88. The topological polar surface area (TPSA) is 9.23 Å². The summed E-state index contributed by atoms with van der Waals surface area (Å²) in [6.07, 6.45) is 5.30. The molecule has 0 N–H and O–H groups in total. The van der Waals surface area contributed by atoms with Crippen LogP contribution in [0.2, 0.25) is 0 Å². The number of hydrogen-bond acceptors (Lipinski definition) is 1. The zero-order chi connectivity index (χ0) is 10.7. The third-order valence-corrected chi connectivity index (χ3v) is 2.70.